The number of ketones is 1. The summed E-state index contributed by atoms with van der Waals surface area (Å²) >= 11 is 0. The van der Waals surface area contributed by atoms with E-state index >= 15 is 0 Å². The molecule has 3 N–H and O–H groups in total. The molecule has 2 aliphatic heterocycles. The van der Waals surface area contributed by atoms with Gasteiger partial charge in [-0.15, -0.1) is 10.2 Å². The average Bonchev–Trinajstić information content (AvgIpc) is 4.03. The van der Waals surface area contributed by atoms with Gasteiger partial charge in [-0.05, 0) is 108 Å². The van der Waals surface area contributed by atoms with Crippen molar-refractivity contribution >= 4 is 36.1 Å². The Hall–Kier alpha value is -7.01. The Morgan fingerprint density at radius 1 is 0.667 bits per heavy atom. The van der Waals surface area contributed by atoms with Crippen molar-refractivity contribution in [3.63, 3.8) is 0 Å². The number of hydrogen-bond donors (Lipinski definition) is 3. The Bertz CT molecular complexity index is 2670. The van der Waals surface area contributed by atoms with Crippen LogP contribution in [0.25, 0.3) is 35.2 Å². The highest BCUT2D eigenvalue weighted by Gasteiger charge is 2.39. The number of rotatable bonds is 11. The highest BCUT2D eigenvalue weighted by Crippen LogP contribution is 2.40. The van der Waals surface area contributed by atoms with E-state index < -0.39 is 100.0 Å². The lowest BCUT2D eigenvalue weighted by molar-refractivity contribution is -0.170. The van der Waals surface area contributed by atoms with Gasteiger partial charge in [-0.3, -0.25) is 14.4 Å². The van der Waals surface area contributed by atoms with E-state index in [4.69, 9.17) is 6.11 Å². The van der Waals surface area contributed by atoms with Gasteiger partial charge in [0.1, 0.15) is 18.3 Å². The van der Waals surface area contributed by atoms with Crippen LogP contribution in [-0.4, -0.2) is 109 Å². The number of halogens is 15. The van der Waals surface area contributed by atoms with Crippen LogP contribution in [0.1, 0.15) is 90.8 Å². The number of piperidine rings is 2. The van der Waals surface area contributed by atoms with E-state index in [0.29, 0.717) is 49.8 Å². The van der Waals surface area contributed by atoms with Crippen LogP contribution in [0, 0.1) is 11.8 Å². The third kappa shape index (κ3) is 21.4. The van der Waals surface area contributed by atoms with Crippen LogP contribution >= 0.6 is 0 Å². The lowest BCUT2D eigenvalue weighted by Gasteiger charge is -2.34. The Kier molecular flexibility index (Phi) is 22.0. The highest BCUT2D eigenvalue weighted by molar-refractivity contribution is 5.90. The first-order chi connectivity index (χ1) is 35.9. The molecule has 2 saturated heterocycles. The van der Waals surface area contributed by atoms with Gasteiger partial charge in [0.15, 0.2) is 11.6 Å². The number of carbonyl (C=O) groups is 4. The van der Waals surface area contributed by atoms with E-state index in [-0.39, 0.29) is 43.7 Å². The fraction of sp³-hybridized carbons (Fsp3) is 0.500. The summed E-state index contributed by atoms with van der Waals surface area (Å²) in [5.41, 5.74) is -7.42. The average molecular weight is 1140 g/mol. The van der Waals surface area contributed by atoms with Gasteiger partial charge in [-0.1, -0.05) is 14.4 Å². The molecule has 0 aliphatic carbocycles. The maximum absolute atomic E-state index is 13.1. The first-order valence-corrected chi connectivity index (χ1v) is 22.9. The summed E-state index contributed by atoms with van der Waals surface area (Å²) in [5.74, 6) is -3.28. The minimum atomic E-state index is -5.00. The molecule has 0 saturated carbocycles. The maximum Gasteiger partial charge on any atom is 0.449 e. The van der Waals surface area contributed by atoms with E-state index in [1.54, 1.807) is 25.7 Å². The van der Waals surface area contributed by atoms with Gasteiger partial charge in [-0.25, -0.2) is 24.1 Å². The maximum atomic E-state index is 13.1. The predicted octanol–water partition coefficient (Wildman–Crippen LogP) is 10.9. The second kappa shape index (κ2) is 27.0. The van der Waals surface area contributed by atoms with E-state index in [1.807, 2.05) is 0 Å². The van der Waals surface area contributed by atoms with Gasteiger partial charge < -0.3 is 25.6 Å². The smallest absolute Gasteiger partial charge is 0.444 e. The van der Waals surface area contributed by atoms with Crippen molar-refractivity contribution in [2.75, 3.05) is 39.3 Å². The van der Waals surface area contributed by atoms with Crippen molar-refractivity contribution < 1.29 is 91.1 Å². The zero-order valence-corrected chi connectivity index (χ0v) is 41.1. The molecule has 432 valence electrons. The number of likely N-dealkylation sites (tertiary alicyclic amines) is 1. The van der Waals surface area contributed by atoms with Crippen molar-refractivity contribution in [1.82, 2.24) is 50.4 Å². The summed E-state index contributed by atoms with van der Waals surface area (Å²) in [5, 5.41) is 16.4. The molecule has 0 radical (unpaired) electrons. The number of hydrogen-bond acceptors (Lipinski definition) is 10. The molecule has 2 aromatic heterocycles. The molecule has 2 fully saturated rings. The Labute approximate surface area is 438 Å². The van der Waals surface area contributed by atoms with Crippen molar-refractivity contribution in [1.29, 1.82) is 0 Å². The summed E-state index contributed by atoms with van der Waals surface area (Å²) < 4.78 is 204. The lowest BCUT2D eigenvalue weighted by Crippen LogP contribution is -2.45. The number of aromatic nitrogens is 6. The molecule has 0 bridgehead atoms. The minimum Gasteiger partial charge on any atom is -0.444 e. The van der Waals surface area contributed by atoms with E-state index in [2.05, 4.69) is 36.1 Å². The standard InChI is InChI=1S/C24H27F6N5O3.C19H19F6N5O.C4H5F3O.CH4/c1-22(2,3)38-21(37)34-7-4-5-15(13-34)12-31-19(36)6-8-35-14-32-20(33-35)16-9-17(23(25,26)27)11-18(10-16)24(28,29)30;20-18(21,22)14-6-13(7-15(8-14)19(23,24)25)17-28-11-30(29-17)5-3-16(31)27-10-12-2-1-4-26-9-12;1-2-3(8)4(5,6)7;/h6,8-11,14-15H,4-5,7,12-13H2,1-3H3,(H,31,36);3,5-8,11-12,26H,1-2,4,9-10H2,(H,27,31);2H2,1H3;1H4/b8-6-;5-3-;;/i;;2D;. The Morgan fingerprint density at radius 3 is 1.42 bits per heavy atom. The molecule has 0 spiro atoms. The van der Waals surface area contributed by atoms with Crippen molar-refractivity contribution in [2.24, 2.45) is 11.8 Å². The number of carbonyl (C=O) groups excluding carboxylic acids is 4. The van der Waals surface area contributed by atoms with Crippen LogP contribution in [0.4, 0.5) is 70.7 Å². The highest BCUT2D eigenvalue weighted by atomic mass is 19.4. The molecule has 3 atom stereocenters. The molecule has 2 aromatic carbocycles. The molecular formula is C48H55F15N10O5. The summed E-state index contributed by atoms with van der Waals surface area (Å²) in [6.45, 7) is 9.73. The fourth-order valence-electron chi connectivity index (χ4n) is 7.01. The summed E-state index contributed by atoms with van der Waals surface area (Å²) in [4.78, 5) is 55.4. The van der Waals surface area contributed by atoms with Crippen LogP contribution in [0.3, 0.4) is 0 Å². The molecule has 30 heteroatoms. The Morgan fingerprint density at radius 2 is 1.08 bits per heavy atom. The van der Waals surface area contributed by atoms with E-state index in [0.717, 1.165) is 86.1 Å². The van der Waals surface area contributed by atoms with Crippen molar-refractivity contribution in [3.05, 3.63) is 83.5 Å². The quantitative estimate of drug-likeness (QED) is 0.0967. The molecule has 6 rings (SSSR count). The molecule has 4 aromatic rings. The molecule has 4 heterocycles. The van der Waals surface area contributed by atoms with Crippen LogP contribution in [-0.2, 0) is 43.8 Å². The van der Waals surface area contributed by atoms with Gasteiger partial charge >= 0.3 is 37.0 Å². The van der Waals surface area contributed by atoms with Crippen LogP contribution in [0.5, 0.6) is 0 Å². The summed E-state index contributed by atoms with van der Waals surface area (Å²) in [6, 6.07) is 2.19. The number of alkyl halides is 15. The normalized spacial score (nSPS) is 17.2. The first kappa shape index (κ1) is 63.5. The number of nitrogens with one attached hydrogen (secondary N) is 3. The zero-order valence-electron chi connectivity index (χ0n) is 42.1. The minimum absolute atomic E-state index is 0. The van der Waals surface area contributed by atoms with Gasteiger partial charge in [0, 0.05) is 69.6 Å². The van der Waals surface area contributed by atoms with Gasteiger partial charge in [-0.2, -0.15) is 65.9 Å². The van der Waals surface area contributed by atoms with Gasteiger partial charge in [0.2, 0.25) is 17.6 Å². The van der Waals surface area contributed by atoms with Crippen molar-refractivity contribution in [2.45, 2.75) is 104 Å². The monoisotopic (exact) mass is 1140 g/mol. The number of Topliss-reactive ketones (excluding diaryl/α,β-unsaturated/α-hetero) is 1. The topological polar surface area (TPSA) is 178 Å². The number of ether oxygens (including phenoxy) is 1. The lowest BCUT2D eigenvalue weighted by atomic mass is 9.98. The van der Waals surface area contributed by atoms with Crippen molar-refractivity contribution in [3.8, 4) is 22.8 Å². The molecule has 3 amide bonds. The fourth-order valence-corrected chi connectivity index (χ4v) is 7.01. The van der Waals surface area contributed by atoms with E-state index in [9.17, 15) is 85.0 Å². The number of amides is 3. The second-order valence-electron chi connectivity index (χ2n) is 18.1. The Balaban J connectivity index is 0.000000360. The molecule has 15 nitrogen and oxygen atoms in total. The largest absolute Gasteiger partial charge is 0.449 e. The van der Waals surface area contributed by atoms with Gasteiger partial charge in [0.05, 0.1) is 22.3 Å². The third-order valence-corrected chi connectivity index (χ3v) is 10.7. The summed E-state index contributed by atoms with van der Waals surface area (Å²) in [7, 11) is 0. The zero-order chi connectivity index (χ0) is 58.6. The van der Waals surface area contributed by atoms with Crippen LogP contribution in [0.15, 0.2) is 61.2 Å². The summed E-state index contributed by atoms with van der Waals surface area (Å²) in [6.07, 6.45) is -16.6. The molecule has 78 heavy (non-hydrogen) atoms. The molecular weight excluding hydrogens is 1080 g/mol. The molecule has 3 unspecified atom stereocenters. The first-order valence-electron chi connectivity index (χ1n) is 23.5. The van der Waals surface area contributed by atoms with Crippen LogP contribution in [0.2, 0.25) is 0 Å². The third-order valence-electron chi connectivity index (χ3n) is 10.7. The molecule has 2 aliphatic rings. The van der Waals surface area contributed by atoms with Gasteiger partial charge in [0.25, 0.3) is 0 Å². The second-order valence-corrected chi connectivity index (χ2v) is 18.1. The van der Waals surface area contributed by atoms with Crippen LogP contribution < -0.4 is 16.0 Å². The SMILES string of the molecule is C.CC(C)(C)OC(=O)N1CCCC(CNC(=O)/C=C\n2cnc(-c3cc(C(F)(F)F)cc(C(F)(F)F)c3)n2)C1.O=C(/C=C\n1cnc(-c2cc(C(F)(F)F)cc(C(F)(F)F)c2)n1)NCC1CCCNC1.[2H]C(C)C(=O)C(F)(F)F. The number of nitrogens with zero attached hydrogens (tertiary/aromatic N) is 7. The van der Waals surface area contributed by atoms with E-state index in [1.165, 1.54) is 6.20 Å². The predicted molar refractivity (Wildman–Crippen MR) is 252 cm³/mol. The number of benzene rings is 2.